The lowest BCUT2D eigenvalue weighted by molar-refractivity contribution is -0.958. The van der Waals surface area contributed by atoms with Gasteiger partial charge < -0.3 is 4.90 Å². The standard InChI is InChI=1S/C13H27N/c1-12(2,3)10-11-8-7-9-14(11)13(4,5)6/h11H,7-10H2,1-6H3/p+1. The van der Waals surface area contributed by atoms with Crippen molar-refractivity contribution < 1.29 is 4.90 Å². The van der Waals surface area contributed by atoms with Crippen LogP contribution in [0, 0.1) is 5.41 Å². The third-order valence-electron chi connectivity index (χ3n) is 3.31. The van der Waals surface area contributed by atoms with E-state index in [1.165, 1.54) is 25.8 Å². The van der Waals surface area contributed by atoms with Crippen LogP contribution >= 0.6 is 0 Å². The molecule has 1 fully saturated rings. The summed E-state index contributed by atoms with van der Waals surface area (Å²) in [6.45, 7) is 15.6. The molecule has 84 valence electrons. The van der Waals surface area contributed by atoms with E-state index in [1.807, 2.05) is 4.90 Å². The number of hydrogen-bond donors (Lipinski definition) is 1. The molecular formula is C13H28N+. The van der Waals surface area contributed by atoms with Gasteiger partial charge in [-0.15, -0.1) is 0 Å². The van der Waals surface area contributed by atoms with Crippen LogP contribution in [0.5, 0.6) is 0 Å². The highest BCUT2D eigenvalue weighted by Crippen LogP contribution is 2.23. The summed E-state index contributed by atoms with van der Waals surface area (Å²) in [5.74, 6) is 0. The minimum Gasteiger partial charge on any atom is -0.328 e. The molecule has 1 nitrogen and oxygen atoms in total. The van der Waals surface area contributed by atoms with Crippen LogP contribution in [0.2, 0.25) is 0 Å². The number of nitrogens with one attached hydrogen (secondary N) is 1. The molecule has 1 heteroatoms. The second kappa shape index (κ2) is 3.84. The van der Waals surface area contributed by atoms with Gasteiger partial charge in [0.2, 0.25) is 0 Å². The van der Waals surface area contributed by atoms with Crippen molar-refractivity contribution in [3.05, 3.63) is 0 Å². The first-order valence-electron chi connectivity index (χ1n) is 6.06. The Morgan fingerprint density at radius 2 is 1.64 bits per heavy atom. The number of quaternary nitrogens is 1. The van der Waals surface area contributed by atoms with Gasteiger partial charge >= 0.3 is 0 Å². The third-order valence-corrected chi connectivity index (χ3v) is 3.31. The first-order valence-corrected chi connectivity index (χ1v) is 6.06. The van der Waals surface area contributed by atoms with Crippen molar-refractivity contribution in [2.75, 3.05) is 6.54 Å². The Kier molecular flexibility index (Phi) is 3.30. The molecule has 0 bridgehead atoms. The van der Waals surface area contributed by atoms with Crippen LogP contribution < -0.4 is 4.90 Å². The summed E-state index contributed by atoms with van der Waals surface area (Å²) in [6, 6.07) is 0.898. The lowest BCUT2D eigenvalue weighted by Crippen LogP contribution is -3.20. The van der Waals surface area contributed by atoms with Crippen LogP contribution in [0.15, 0.2) is 0 Å². The first kappa shape index (κ1) is 12.0. The second-order valence-corrected chi connectivity index (χ2v) is 7.13. The maximum atomic E-state index is 2.38. The molecule has 1 saturated heterocycles. The molecule has 0 aromatic rings. The highest BCUT2D eigenvalue weighted by molar-refractivity contribution is 4.74. The summed E-state index contributed by atoms with van der Waals surface area (Å²) >= 11 is 0. The fourth-order valence-electron chi connectivity index (χ4n) is 2.87. The molecule has 1 heterocycles. The second-order valence-electron chi connectivity index (χ2n) is 7.13. The molecular weight excluding hydrogens is 170 g/mol. The average molecular weight is 198 g/mol. The van der Waals surface area contributed by atoms with Crippen molar-refractivity contribution in [3.8, 4) is 0 Å². The van der Waals surface area contributed by atoms with Crippen molar-refractivity contribution in [1.29, 1.82) is 0 Å². The van der Waals surface area contributed by atoms with Gasteiger partial charge in [0.25, 0.3) is 0 Å². The van der Waals surface area contributed by atoms with Gasteiger partial charge in [0.15, 0.2) is 0 Å². The van der Waals surface area contributed by atoms with Crippen LogP contribution in [0.25, 0.3) is 0 Å². The molecule has 0 aromatic carbocycles. The van der Waals surface area contributed by atoms with Gasteiger partial charge in [-0.2, -0.15) is 0 Å². The molecule has 1 aliphatic rings. The van der Waals surface area contributed by atoms with E-state index in [4.69, 9.17) is 0 Å². The van der Waals surface area contributed by atoms with Gasteiger partial charge in [-0.3, -0.25) is 0 Å². The average Bonchev–Trinajstić information content (AvgIpc) is 2.29. The monoisotopic (exact) mass is 198 g/mol. The summed E-state index contributed by atoms with van der Waals surface area (Å²) in [5.41, 5.74) is 0.928. The van der Waals surface area contributed by atoms with E-state index in [-0.39, 0.29) is 0 Å². The summed E-state index contributed by atoms with van der Waals surface area (Å²) in [4.78, 5) is 1.83. The molecule has 14 heavy (non-hydrogen) atoms. The van der Waals surface area contributed by atoms with Crippen molar-refractivity contribution in [3.63, 3.8) is 0 Å². The maximum Gasteiger partial charge on any atom is 0.0893 e. The summed E-state index contributed by atoms with van der Waals surface area (Å²) in [5, 5.41) is 0. The predicted molar refractivity (Wildman–Crippen MR) is 62.7 cm³/mol. The van der Waals surface area contributed by atoms with Crippen LogP contribution in [0.4, 0.5) is 0 Å². The fourth-order valence-corrected chi connectivity index (χ4v) is 2.87. The SMILES string of the molecule is CC(C)(C)CC1CCC[NH+]1C(C)(C)C. The Morgan fingerprint density at radius 3 is 2.07 bits per heavy atom. The molecule has 0 saturated carbocycles. The molecule has 2 atom stereocenters. The van der Waals surface area contributed by atoms with Gasteiger partial charge in [-0.25, -0.2) is 0 Å². The summed E-state index contributed by atoms with van der Waals surface area (Å²) in [6.07, 6.45) is 4.23. The van der Waals surface area contributed by atoms with E-state index in [9.17, 15) is 0 Å². The molecule has 0 radical (unpaired) electrons. The molecule has 0 spiro atoms. The lowest BCUT2D eigenvalue weighted by Gasteiger charge is -2.36. The van der Waals surface area contributed by atoms with Crippen LogP contribution in [-0.4, -0.2) is 18.1 Å². The predicted octanol–water partition coefficient (Wildman–Crippen LogP) is 2.27. The maximum absolute atomic E-state index is 2.38. The van der Waals surface area contributed by atoms with Gasteiger partial charge in [0.1, 0.15) is 0 Å². The number of hydrogen-bond acceptors (Lipinski definition) is 0. The molecule has 0 aliphatic carbocycles. The van der Waals surface area contributed by atoms with Gasteiger partial charge in [-0.1, -0.05) is 20.8 Å². The summed E-state index contributed by atoms with van der Waals surface area (Å²) in [7, 11) is 0. The van der Waals surface area contributed by atoms with E-state index in [2.05, 4.69) is 41.5 Å². The van der Waals surface area contributed by atoms with Crippen LogP contribution in [0.1, 0.15) is 60.8 Å². The van der Waals surface area contributed by atoms with Crippen molar-refractivity contribution >= 4 is 0 Å². The number of rotatable bonds is 1. The minimum atomic E-state index is 0.437. The molecule has 0 amide bonds. The Morgan fingerprint density at radius 1 is 1.07 bits per heavy atom. The van der Waals surface area contributed by atoms with E-state index >= 15 is 0 Å². The molecule has 1 N–H and O–H groups in total. The zero-order chi connectivity index (χ0) is 11.0. The normalized spacial score (nSPS) is 29.6. The third kappa shape index (κ3) is 3.27. The highest BCUT2D eigenvalue weighted by atomic mass is 15.2. The van der Waals surface area contributed by atoms with Gasteiger partial charge in [0.05, 0.1) is 18.1 Å². The first-order chi connectivity index (χ1) is 6.20. The van der Waals surface area contributed by atoms with Crippen LogP contribution in [0.3, 0.4) is 0 Å². The van der Waals surface area contributed by atoms with Gasteiger partial charge in [-0.05, 0) is 26.2 Å². The molecule has 1 rings (SSSR count). The quantitative estimate of drug-likeness (QED) is 0.659. The van der Waals surface area contributed by atoms with Crippen molar-refractivity contribution in [2.24, 2.45) is 5.41 Å². The van der Waals surface area contributed by atoms with Crippen LogP contribution in [-0.2, 0) is 0 Å². The Labute approximate surface area is 89.9 Å². The Bertz CT molecular complexity index is 182. The zero-order valence-electron chi connectivity index (χ0n) is 10.9. The topological polar surface area (TPSA) is 4.44 Å². The summed E-state index contributed by atoms with van der Waals surface area (Å²) < 4.78 is 0. The van der Waals surface area contributed by atoms with Crippen molar-refractivity contribution in [2.45, 2.75) is 72.4 Å². The van der Waals surface area contributed by atoms with Crippen molar-refractivity contribution in [1.82, 2.24) is 0 Å². The smallest absolute Gasteiger partial charge is 0.0893 e. The minimum absolute atomic E-state index is 0.437. The zero-order valence-corrected chi connectivity index (χ0v) is 10.9. The van der Waals surface area contributed by atoms with Gasteiger partial charge in [0, 0.05) is 19.3 Å². The Balaban J connectivity index is 2.61. The lowest BCUT2D eigenvalue weighted by atomic mass is 9.86. The highest BCUT2D eigenvalue weighted by Gasteiger charge is 2.38. The van der Waals surface area contributed by atoms with E-state index in [0.29, 0.717) is 11.0 Å². The Hall–Kier alpha value is -0.0400. The molecule has 0 aromatic heterocycles. The largest absolute Gasteiger partial charge is 0.328 e. The number of likely N-dealkylation sites (tertiary alicyclic amines) is 1. The van der Waals surface area contributed by atoms with E-state index in [1.54, 1.807) is 0 Å². The van der Waals surface area contributed by atoms with E-state index in [0.717, 1.165) is 6.04 Å². The molecule has 1 aliphatic heterocycles. The van der Waals surface area contributed by atoms with E-state index < -0.39 is 0 Å². The fraction of sp³-hybridized carbons (Fsp3) is 1.00. The molecule has 2 unspecified atom stereocenters.